The topological polar surface area (TPSA) is 56.0 Å². The van der Waals surface area contributed by atoms with Gasteiger partial charge in [0.05, 0.1) is 16.5 Å². The molecule has 0 atom stereocenters. The van der Waals surface area contributed by atoms with E-state index in [0.717, 1.165) is 5.56 Å². The van der Waals surface area contributed by atoms with E-state index in [9.17, 15) is 4.79 Å². The largest absolute Gasteiger partial charge is 0.339 e. The van der Waals surface area contributed by atoms with Gasteiger partial charge in [0.1, 0.15) is 5.78 Å². The molecule has 2 rings (SSSR count). The normalized spacial score (nSPS) is 10.7. The van der Waals surface area contributed by atoms with Crippen LogP contribution >= 0.6 is 23.2 Å². The fraction of sp³-hybridized carbons (Fsp3) is 0.308. The standard InChI is InChI=1S/C13H12Cl2N2O2/c1-2-9(18)7-13-16-12(17-19-13)6-8-3-4-10(14)11(15)5-8/h3-5H,2,6-7H2,1H3. The fourth-order valence-corrected chi connectivity index (χ4v) is 1.88. The second-order valence-corrected chi connectivity index (χ2v) is 4.91. The van der Waals surface area contributed by atoms with Crippen LogP contribution < -0.4 is 0 Å². The molecule has 1 aromatic heterocycles. The van der Waals surface area contributed by atoms with Gasteiger partial charge in [-0.1, -0.05) is 41.3 Å². The zero-order valence-corrected chi connectivity index (χ0v) is 11.8. The molecule has 0 amide bonds. The molecular weight excluding hydrogens is 287 g/mol. The summed E-state index contributed by atoms with van der Waals surface area (Å²) < 4.78 is 5.02. The minimum Gasteiger partial charge on any atom is -0.339 e. The Bertz CT molecular complexity index is 596. The Kier molecular flexibility index (Phi) is 4.56. The van der Waals surface area contributed by atoms with Gasteiger partial charge in [0.2, 0.25) is 5.89 Å². The molecule has 2 aromatic rings. The van der Waals surface area contributed by atoms with Crippen LogP contribution in [0.5, 0.6) is 0 Å². The van der Waals surface area contributed by atoms with E-state index < -0.39 is 0 Å². The number of benzene rings is 1. The quantitative estimate of drug-likeness (QED) is 0.848. The summed E-state index contributed by atoms with van der Waals surface area (Å²) in [4.78, 5) is 15.4. The highest BCUT2D eigenvalue weighted by molar-refractivity contribution is 6.42. The third-order valence-corrected chi connectivity index (χ3v) is 3.34. The Morgan fingerprint density at radius 3 is 2.79 bits per heavy atom. The molecule has 0 aliphatic heterocycles. The summed E-state index contributed by atoms with van der Waals surface area (Å²) >= 11 is 11.8. The lowest BCUT2D eigenvalue weighted by Crippen LogP contribution is -2.00. The molecule has 0 N–H and O–H groups in total. The average molecular weight is 299 g/mol. The van der Waals surface area contributed by atoms with E-state index in [-0.39, 0.29) is 12.2 Å². The maximum atomic E-state index is 11.3. The SMILES string of the molecule is CCC(=O)Cc1nc(Cc2ccc(Cl)c(Cl)c2)no1. The van der Waals surface area contributed by atoms with Gasteiger partial charge in [-0.15, -0.1) is 0 Å². The van der Waals surface area contributed by atoms with Crippen molar-refractivity contribution in [3.05, 3.63) is 45.5 Å². The first kappa shape index (κ1) is 14.0. The molecule has 0 saturated carbocycles. The van der Waals surface area contributed by atoms with E-state index in [0.29, 0.717) is 34.6 Å². The number of carbonyl (C=O) groups is 1. The molecule has 1 aromatic carbocycles. The van der Waals surface area contributed by atoms with Gasteiger partial charge in [0.25, 0.3) is 0 Å². The summed E-state index contributed by atoms with van der Waals surface area (Å²) in [5, 5.41) is 4.83. The van der Waals surface area contributed by atoms with Crippen molar-refractivity contribution in [2.75, 3.05) is 0 Å². The van der Waals surface area contributed by atoms with Crippen LogP contribution in [0, 0.1) is 0 Å². The molecule has 0 unspecified atom stereocenters. The number of hydrogen-bond donors (Lipinski definition) is 0. The molecule has 0 fully saturated rings. The van der Waals surface area contributed by atoms with Crippen molar-refractivity contribution in [3.63, 3.8) is 0 Å². The number of carbonyl (C=O) groups excluding carboxylic acids is 1. The molecule has 100 valence electrons. The van der Waals surface area contributed by atoms with E-state index in [1.165, 1.54) is 0 Å². The summed E-state index contributed by atoms with van der Waals surface area (Å²) in [6.07, 6.45) is 1.14. The van der Waals surface area contributed by atoms with E-state index in [1.54, 1.807) is 19.1 Å². The Morgan fingerprint density at radius 1 is 1.32 bits per heavy atom. The summed E-state index contributed by atoms with van der Waals surface area (Å²) in [6.45, 7) is 1.80. The molecule has 0 aliphatic rings. The first-order valence-corrected chi connectivity index (χ1v) is 6.61. The van der Waals surface area contributed by atoms with Crippen LogP contribution in [0.25, 0.3) is 0 Å². The lowest BCUT2D eigenvalue weighted by atomic mass is 10.1. The number of Topliss-reactive ketones (excluding diaryl/α,β-unsaturated/α-hetero) is 1. The summed E-state index contributed by atoms with van der Waals surface area (Å²) in [5.41, 5.74) is 0.934. The van der Waals surface area contributed by atoms with Crippen molar-refractivity contribution >= 4 is 29.0 Å². The molecule has 1 heterocycles. The van der Waals surface area contributed by atoms with Crippen LogP contribution in [0.2, 0.25) is 10.0 Å². The zero-order chi connectivity index (χ0) is 13.8. The molecule has 0 saturated heterocycles. The van der Waals surface area contributed by atoms with Crippen LogP contribution in [0.4, 0.5) is 0 Å². The number of halogens is 2. The minimum atomic E-state index is 0.0738. The lowest BCUT2D eigenvalue weighted by Gasteiger charge is -1.99. The van der Waals surface area contributed by atoms with E-state index in [4.69, 9.17) is 27.7 Å². The maximum Gasteiger partial charge on any atom is 0.234 e. The van der Waals surface area contributed by atoms with E-state index >= 15 is 0 Å². The van der Waals surface area contributed by atoms with Gasteiger partial charge in [-0.3, -0.25) is 4.79 Å². The van der Waals surface area contributed by atoms with E-state index in [1.807, 2.05) is 6.07 Å². The van der Waals surface area contributed by atoms with Crippen molar-refractivity contribution in [2.45, 2.75) is 26.2 Å². The Balaban J connectivity index is 2.07. The molecule has 4 nitrogen and oxygen atoms in total. The number of aromatic nitrogens is 2. The molecule has 0 aliphatic carbocycles. The van der Waals surface area contributed by atoms with Crippen LogP contribution in [-0.2, 0) is 17.6 Å². The first-order chi connectivity index (χ1) is 9.08. The van der Waals surface area contributed by atoms with Gasteiger partial charge < -0.3 is 4.52 Å². The second kappa shape index (κ2) is 6.17. The summed E-state index contributed by atoms with van der Waals surface area (Å²) in [7, 11) is 0. The number of hydrogen-bond acceptors (Lipinski definition) is 4. The second-order valence-electron chi connectivity index (χ2n) is 4.10. The fourth-order valence-electron chi connectivity index (χ4n) is 1.56. The number of nitrogens with zero attached hydrogens (tertiary/aromatic N) is 2. The lowest BCUT2D eigenvalue weighted by molar-refractivity contribution is -0.118. The zero-order valence-electron chi connectivity index (χ0n) is 10.3. The Morgan fingerprint density at radius 2 is 2.11 bits per heavy atom. The summed E-state index contributed by atoms with van der Waals surface area (Å²) in [6, 6.07) is 5.33. The van der Waals surface area contributed by atoms with Gasteiger partial charge in [-0.2, -0.15) is 4.98 Å². The summed E-state index contributed by atoms with van der Waals surface area (Å²) in [5.74, 6) is 0.948. The number of ketones is 1. The van der Waals surface area contributed by atoms with Crippen LogP contribution in [0.3, 0.4) is 0 Å². The highest BCUT2D eigenvalue weighted by Gasteiger charge is 2.11. The first-order valence-electron chi connectivity index (χ1n) is 5.85. The molecular formula is C13H12Cl2N2O2. The maximum absolute atomic E-state index is 11.3. The van der Waals surface area contributed by atoms with Gasteiger partial charge in [-0.05, 0) is 17.7 Å². The van der Waals surface area contributed by atoms with Gasteiger partial charge in [0.15, 0.2) is 5.82 Å². The van der Waals surface area contributed by atoms with Crippen LogP contribution in [-0.4, -0.2) is 15.9 Å². The molecule has 0 spiro atoms. The van der Waals surface area contributed by atoms with E-state index in [2.05, 4.69) is 10.1 Å². The van der Waals surface area contributed by atoms with Crippen molar-refractivity contribution < 1.29 is 9.32 Å². The molecule has 0 radical (unpaired) electrons. The Hall–Kier alpha value is -1.39. The monoisotopic (exact) mass is 298 g/mol. The smallest absolute Gasteiger partial charge is 0.234 e. The minimum absolute atomic E-state index is 0.0738. The molecule has 6 heteroatoms. The predicted octanol–water partition coefficient (Wildman–Crippen LogP) is 3.49. The van der Waals surface area contributed by atoms with Crippen molar-refractivity contribution in [1.29, 1.82) is 0 Å². The van der Waals surface area contributed by atoms with Crippen LogP contribution in [0.15, 0.2) is 22.7 Å². The molecule has 19 heavy (non-hydrogen) atoms. The highest BCUT2D eigenvalue weighted by atomic mass is 35.5. The van der Waals surface area contributed by atoms with Crippen molar-refractivity contribution in [3.8, 4) is 0 Å². The predicted molar refractivity (Wildman–Crippen MR) is 72.6 cm³/mol. The van der Waals surface area contributed by atoms with Crippen LogP contribution in [0.1, 0.15) is 30.6 Å². The number of rotatable bonds is 5. The van der Waals surface area contributed by atoms with Crippen molar-refractivity contribution in [1.82, 2.24) is 10.1 Å². The van der Waals surface area contributed by atoms with Crippen molar-refractivity contribution in [2.24, 2.45) is 0 Å². The van der Waals surface area contributed by atoms with Gasteiger partial charge in [0, 0.05) is 12.8 Å². The van der Waals surface area contributed by atoms with Gasteiger partial charge >= 0.3 is 0 Å². The Labute approximate surface area is 120 Å². The third kappa shape index (κ3) is 3.78. The van der Waals surface area contributed by atoms with Gasteiger partial charge in [-0.25, -0.2) is 0 Å². The average Bonchev–Trinajstić information content (AvgIpc) is 2.81. The third-order valence-electron chi connectivity index (χ3n) is 2.60. The molecule has 0 bridgehead atoms. The highest BCUT2D eigenvalue weighted by Crippen LogP contribution is 2.23.